The van der Waals surface area contributed by atoms with Crippen LogP contribution in [0.2, 0.25) is 0 Å². The lowest BCUT2D eigenvalue weighted by Gasteiger charge is -2.12. The molecular weight excluding hydrogens is 219 g/mol. The van der Waals surface area contributed by atoms with Crippen molar-refractivity contribution in [3.63, 3.8) is 0 Å². The molecule has 88 valence electrons. The van der Waals surface area contributed by atoms with Crippen LogP contribution in [0, 0.1) is 17.1 Å². The highest BCUT2D eigenvalue weighted by atomic mass is 19.1. The Labute approximate surface area is 99.2 Å². The van der Waals surface area contributed by atoms with Gasteiger partial charge in [0.15, 0.2) is 0 Å². The van der Waals surface area contributed by atoms with Crippen LogP contribution in [0.15, 0.2) is 18.2 Å². The number of nitrogens with one attached hydrogen (secondary N) is 1. The molecule has 1 aromatic carbocycles. The maximum Gasteiger partial charge on any atom is 0.254 e. The van der Waals surface area contributed by atoms with Crippen molar-refractivity contribution >= 4 is 5.91 Å². The van der Waals surface area contributed by atoms with E-state index in [2.05, 4.69) is 5.32 Å². The molecule has 1 aliphatic carbocycles. The second-order valence-electron chi connectivity index (χ2n) is 4.26. The first-order valence-electron chi connectivity index (χ1n) is 5.71. The van der Waals surface area contributed by atoms with E-state index in [0.29, 0.717) is 0 Å². The van der Waals surface area contributed by atoms with Crippen LogP contribution < -0.4 is 5.32 Å². The predicted molar refractivity (Wildman–Crippen MR) is 60.8 cm³/mol. The number of carbonyl (C=O) groups is 1. The summed E-state index contributed by atoms with van der Waals surface area (Å²) in [6.07, 6.45) is 4.15. The number of nitriles is 1. The fourth-order valence-corrected chi connectivity index (χ4v) is 2.10. The Hall–Kier alpha value is -1.89. The van der Waals surface area contributed by atoms with E-state index in [0.717, 1.165) is 31.7 Å². The highest BCUT2D eigenvalue weighted by Crippen LogP contribution is 2.18. The number of carbonyl (C=O) groups excluding carboxylic acids is 1. The van der Waals surface area contributed by atoms with E-state index in [1.807, 2.05) is 6.07 Å². The maximum atomic E-state index is 13.5. The summed E-state index contributed by atoms with van der Waals surface area (Å²) in [5.41, 5.74) is 0.232. The molecule has 1 fully saturated rings. The standard InChI is InChI=1S/C13H13FN2O/c14-12-7-9(8-15)5-6-11(12)13(17)16-10-3-1-2-4-10/h5-7,10H,1-4H2,(H,16,17). The van der Waals surface area contributed by atoms with Crippen molar-refractivity contribution in [2.75, 3.05) is 0 Å². The van der Waals surface area contributed by atoms with Gasteiger partial charge in [-0.25, -0.2) is 4.39 Å². The first kappa shape index (κ1) is 11.6. The Balaban J connectivity index is 2.11. The van der Waals surface area contributed by atoms with Crippen molar-refractivity contribution < 1.29 is 9.18 Å². The molecule has 1 aromatic rings. The summed E-state index contributed by atoms with van der Waals surface area (Å²) in [5, 5.41) is 11.4. The number of nitrogens with zero attached hydrogens (tertiary/aromatic N) is 1. The molecule has 0 atom stereocenters. The zero-order valence-electron chi connectivity index (χ0n) is 9.37. The van der Waals surface area contributed by atoms with Crippen LogP contribution in [-0.4, -0.2) is 11.9 Å². The molecule has 1 N–H and O–H groups in total. The van der Waals surface area contributed by atoms with Gasteiger partial charge in [-0.15, -0.1) is 0 Å². The second kappa shape index (κ2) is 4.96. The summed E-state index contributed by atoms with van der Waals surface area (Å²) in [5.74, 6) is -1.03. The number of benzene rings is 1. The number of rotatable bonds is 2. The Morgan fingerprint density at radius 3 is 2.71 bits per heavy atom. The van der Waals surface area contributed by atoms with E-state index in [-0.39, 0.29) is 23.1 Å². The molecular formula is C13H13FN2O. The van der Waals surface area contributed by atoms with Gasteiger partial charge in [0.25, 0.3) is 5.91 Å². The summed E-state index contributed by atoms with van der Waals surface area (Å²) < 4.78 is 13.5. The molecule has 2 rings (SSSR count). The first-order valence-corrected chi connectivity index (χ1v) is 5.71. The lowest BCUT2D eigenvalue weighted by atomic mass is 10.1. The highest BCUT2D eigenvalue weighted by molar-refractivity contribution is 5.94. The summed E-state index contributed by atoms with van der Waals surface area (Å²) >= 11 is 0. The Kier molecular flexibility index (Phi) is 3.38. The van der Waals surface area contributed by atoms with E-state index < -0.39 is 5.82 Å². The first-order chi connectivity index (χ1) is 8.20. The summed E-state index contributed by atoms with van der Waals surface area (Å²) in [4.78, 5) is 11.8. The van der Waals surface area contributed by atoms with Gasteiger partial charge in [-0.05, 0) is 31.0 Å². The quantitative estimate of drug-likeness (QED) is 0.851. The van der Waals surface area contributed by atoms with Gasteiger partial charge < -0.3 is 5.32 Å². The molecule has 0 aliphatic heterocycles. The molecule has 0 spiro atoms. The highest BCUT2D eigenvalue weighted by Gasteiger charge is 2.19. The van der Waals surface area contributed by atoms with Gasteiger partial charge in [-0.2, -0.15) is 5.26 Å². The average Bonchev–Trinajstić information content (AvgIpc) is 2.81. The van der Waals surface area contributed by atoms with Crippen LogP contribution in [0.4, 0.5) is 4.39 Å². The smallest absolute Gasteiger partial charge is 0.254 e. The topological polar surface area (TPSA) is 52.9 Å². The Bertz CT molecular complexity index is 473. The molecule has 0 aromatic heterocycles. The number of hydrogen-bond donors (Lipinski definition) is 1. The fourth-order valence-electron chi connectivity index (χ4n) is 2.10. The molecule has 0 unspecified atom stereocenters. The molecule has 17 heavy (non-hydrogen) atoms. The number of amides is 1. The van der Waals surface area contributed by atoms with Crippen LogP contribution in [0.5, 0.6) is 0 Å². The molecule has 1 aliphatic rings. The molecule has 1 amide bonds. The third-order valence-electron chi connectivity index (χ3n) is 3.03. The minimum atomic E-state index is -0.639. The molecule has 4 heteroatoms. The van der Waals surface area contributed by atoms with Crippen molar-refractivity contribution in [3.8, 4) is 6.07 Å². The predicted octanol–water partition coefficient (Wildman–Crippen LogP) is 2.37. The van der Waals surface area contributed by atoms with Gasteiger partial charge in [0, 0.05) is 6.04 Å². The van der Waals surface area contributed by atoms with Crippen molar-refractivity contribution in [2.45, 2.75) is 31.7 Å². The fraction of sp³-hybridized carbons (Fsp3) is 0.385. The third-order valence-corrected chi connectivity index (χ3v) is 3.03. The lowest BCUT2D eigenvalue weighted by molar-refractivity contribution is 0.0934. The van der Waals surface area contributed by atoms with Crippen molar-refractivity contribution in [1.82, 2.24) is 5.32 Å². The number of hydrogen-bond acceptors (Lipinski definition) is 2. The second-order valence-corrected chi connectivity index (χ2v) is 4.26. The molecule has 0 radical (unpaired) electrons. The van der Waals surface area contributed by atoms with Gasteiger partial charge in [0.05, 0.1) is 17.2 Å². The zero-order valence-corrected chi connectivity index (χ0v) is 9.37. The average molecular weight is 232 g/mol. The van der Waals surface area contributed by atoms with E-state index in [9.17, 15) is 9.18 Å². The minimum absolute atomic E-state index is 0.0101. The maximum absolute atomic E-state index is 13.5. The molecule has 0 bridgehead atoms. The summed E-state index contributed by atoms with van der Waals surface area (Å²) in [6.45, 7) is 0. The van der Waals surface area contributed by atoms with Gasteiger partial charge in [-0.3, -0.25) is 4.79 Å². The van der Waals surface area contributed by atoms with Gasteiger partial charge in [0.2, 0.25) is 0 Å². The Morgan fingerprint density at radius 2 is 2.12 bits per heavy atom. The Morgan fingerprint density at radius 1 is 1.41 bits per heavy atom. The molecule has 0 saturated heterocycles. The van der Waals surface area contributed by atoms with E-state index in [1.165, 1.54) is 12.1 Å². The number of halogens is 1. The van der Waals surface area contributed by atoms with Gasteiger partial charge in [0.1, 0.15) is 5.82 Å². The van der Waals surface area contributed by atoms with E-state index in [4.69, 9.17) is 5.26 Å². The van der Waals surface area contributed by atoms with Crippen LogP contribution in [0.1, 0.15) is 41.6 Å². The van der Waals surface area contributed by atoms with Gasteiger partial charge >= 0.3 is 0 Å². The van der Waals surface area contributed by atoms with E-state index in [1.54, 1.807) is 0 Å². The zero-order chi connectivity index (χ0) is 12.3. The van der Waals surface area contributed by atoms with Crippen LogP contribution in [0.25, 0.3) is 0 Å². The third kappa shape index (κ3) is 2.62. The van der Waals surface area contributed by atoms with Crippen molar-refractivity contribution in [2.24, 2.45) is 0 Å². The normalized spacial score (nSPS) is 15.5. The minimum Gasteiger partial charge on any atom is -0.349 e. The SMILES string of the molecule is N#Cc1ccc(C(=O)NC2CCCC2)c(F)c1. The van der Waals surface area contributed by atoms with Gasteiger partial charge in [-0.1, -0.05) is 12.8 Å². The molecule has 3 nitrogen and oxygen atoms in total. The lowest BCUT2D eigenvalue weighted by Crippen LogP contribution is -2.33. The van der Waals surface area contributed by atoms with Crippen LogP contribution >= 0.6 is 0 Å². The van der Waals surface area contributed by atoms with Crippen molar-refractivity contribution in [3.05, 3.63) is 35.1 Å². The van der Waals surface area contributed by atoms with Crippen LogP contribution in [0.3, 0.4) is 0 Å². The summed E-state index contributed by atoms with van der Waals surface area (Å²) in [7, 11) is 0. The van der Waals surface area contributed by atoms with Crippen molar-refractivity contribution in [1.29, 1.82) is 5.26 Å². The van der Waals surface area contributed by atoms with E-state index >= 15 is 0 Å². The molecule has 1 saturated carbocycles. The summed E-state index contributed by atoms with van der Waals surface area (Å²) in [6, 6.07) is 5.90. The molecule has 0 heterocycles. The largest absolute Gasteiger partial charge is 0.349 e. The monoisotopic (exact) mass is 232 g/mol. The van der Waals surface area contributed by atoms with Crippen LogP contribution in [-0.2, 0) is 0 Å².